The maximum atomic E-state index is 10.8. The number of nitrogens with two attached hydrogens (primary N) is 1. The van der Waals surface area contributed by atoms with Gasteiger partial charge < -0.3 is 0 Å². The van der Waals surface area contributed by atoms with Crippen LogP contribution >= 0.6 is 0 Å². The summed E-state index contributed by atoms with van der Waals surface area (Å²) in [5.41, 5.74) is 1.53. The van der Waals surface area contributed by atoms with E-state index in [1.54, 1.807) is 12.1 Å². The minimum atomic E-state index is -3.67. The minimum absolute atomic E-state index is 0.567. The van der Waals surface area contributed by atoms with E-state index in [1.165, 1.54) is 0 Å². The lowest BCUT2D eigenvalue weighted by molar-refractivity contribution is 0.603. The maximum Gasteiger partial charge on any atom is 0.296 e. The van der Waals surface area contributed by atoms with Gasteiger partial charge in [-0.3, -0.25) is 4.72 Å². The minimum Gasteiger partial charge on any atom is -0.271 e. The third kappa shape index (κ3) is 3.35. The molecule has 0 heterocycles. The number of aryl methyl sites for hydroxylation is 1. The first-order chi connectivity index (χ1) is 6.53. The second-order valence-corrected chi connectivity index (χ2v) is 4.35. The van der Waals surface area contributed by atoms with Gasteiger partial charge in [0.1, 0.15) is 0 Å². The predicted molar refractivity (Wildman–Crippen MR) is 57.2 cm³/mol. The highest BCUT2D eigenvalue weighted by atomic mass is 32.2. The highest BCUT2D eigenvalue weighted by Gasteiger charge is 2.05. The van der Waals surface area contributed by atoms with Crippen LogP contribution in [0.3, 0.4) is 0 Å². The average Bonchev–Trinajstić information content (AvgIpc) is 2.06. The number of benzene rings is 1. The zero-order valence-corrected chi connectivity index (χ0v) is 8.84. The maximum absolute atomic E-state index is 10.8. The summed E-state index contributed by atoms with van der Waals surface area (Å²) in [6.07, 6.45) is 1.79. The van der Waals surface area contributed by atoms with E-state index in [0.29, 0.717) is 5.69 Å². The SMILES string of the molecule is CCCc1ccccc1NS(N)(=O)=O. The van der Waals surface area contributed by atoms with Crippen molar-refractivity contribution >= 4 is 15.9 Å². The van der Waals surface area contributed by atoms with Crippen molar-refractivity contribution in [1.82, 2.24) is 0 Å². The van der Waals surface area contributed by atoms with Gasteiger partial charge in [-0.1, -0.05) is 31.5 Å². The standard InChI is InChI=1S/C9H14N2O2S/c1-2-5-8-6-3-4-7-9(8)11-14(10,12)13/h3-4,6-7,11H,2,5H2,1H3,(H2,10,12,13). The number of nitrogens with one attached hydrogen (secondary N) is 1. The zero-order valence-electron chi connectivity index (χ0n) is 8.03. The summed E-state index contributed by atoms with van der Waals surface area (Å²) in [6, 6.07) is 7.23. The molecule has 78 valence electrons. The molecule has 0 aliphatic heterocycles. The quantitative estimate of drug-likeness (QED) is 0.791. The molecule has 0 bridgehead atoms. The number of hydrogen-bond donors (Lipinski definition) is 2. The Hall–Kier alpha value is -1.07. The summed E-state index contributed by atoms with van der Waals surface area (Å²) in [6.45, 7) is 2.04. The molecule has 0 fully saturated rings. The summed E-state index contributed by atoms with van der Waals surface area (Å²) in [4.78, 5) is 0. The van der Waals surface area contributed by atoms with Crippen LogP contribution in [0.25, 0.3) is 0 Å². The van der Waals surface area contributed by atoms with Crippen molar-refractivity contribution in [2.75, 3.05) is 4.72 Å². The van der Waals surface area contributed by atoms with Crippen LogP contribution in [0, 0.1) is 0 Å². The normalized spacial score (nSPS) is 11.3. The van der Waals surface area contributed by atoms with E-state index in [0.717, 1.165) is 18.4 Å². The lowest BCUT2D eigenvalue weighted by Gasteiger charge is -2.08. The molecule has 5 heteroatoms. The Labute approximate surface area is 84.3 Å². The van der Waals surface area contributed by atoms with Gasteiger partial charge in [-0.25, -0.2) is 5.14 Å². The molecule has 1 aromatic rings. The highest BCUT2D eigenvalue weighted by molar-refractivity contribution is 7.90. The number of hydrogen-bond acceptors (Lipinski definition) is 2. The van der Waals surface area contributed by atoms with Gasteiger partial charge in [0.15, 0.2) is 0 Å². The third-order valence-corrected chi connectivity index (χ3v) is 2.29. The van der Waals surface area contributed by atoms with Crippen LogP contribution in [0.5, 0.6) is 0 Å². The van der Waals surface area contributed by atoms with Crippen molar-refractivity contribution in [3.63, 3.8) is 0 Å². The number of rotatable bonds is 4. The summed E-state index contributed by atoms with van der Waals surface area (Å²) >= 11 is 0. The van der Waals surface area contributed by atoms with Crippen molar-refractivity contribution in [3.05, 3.63) is 29.8 Å². The molecule has 0 atom stereocenters. The van der Waals surface area contributed by atoms with Crippen molar-refractivity contribution < 1.29 is 8.42 Å². The van der Waals surface area contributed by atoms with Gasteiger partial charge in [0.05, 0.1) is 5.69 Å². The molecule has 4 nitrogen and oxygen atoms in total. The molecule has 0 aromatic heterocycles. The third-order valence-electron chi connectivity index (χ3n) is 1.79. The smallest absolute Gasteiger partial charge is 0.271 e. The van der Waals surface area contributed by atoms with Gasteiger partial charge in [0.2, 0.25) is 0 Å². The molecule has 0 aliphatic carbocycles. The first-order valence-corrected chi connectivity index (χ1v) is 5.96. The summed E-state index contributed by atoms with van der Waals surface area (Å²) in [5, 5.41) is 4.89. The molecule has 1 rings (SSSR count). The topological polar surface area (TPSA) is 72.2 Å². The molecule has 0 saturated heterocycles. The lowest BCUT2D eigenvalue weighted by atomic mass is 10.1. The van der Waals surface area contributed by atoms with Crippen molar-refractivity contribution in [1.29, 1.82) is 0 Å². The zero-order chi connectivity index (χ0) is 10.6. The molecule has 0 spiro atoms. The molecular formula is C9H14N2O2S. The van der Waals surface area contributed by atoms with E-state index in [2.05, 4.69) is 4.72 Å². The second-order valence-electron chi connectivity index (χ2n) is 3.05. The Kier molecular flexibility index (Phi) is 3.49. The molecule has 14 heavy (non-hydrogen) atoms. The Morgan fingerprint density at radius 2 is 2.00 bits per heavy atom. The lowest BCUT2D eigenvalue weighted by Crippen LogP contribution is -2.22. The van der Waals surface area contributed by atoms with E-state index >= 15 is 0 Å². The van der Waals surface area contributed by atoms with E-state index in [4.69, 9.17) is 5.14 Å². The Balaban J connectivity index is 2.95. The fraction of sp³-hybridized carbons (Fsp3) is 0.333. The van der Waals surface area contributed by atoms with Crippen LogP contribution in [-0.2, 0) is 16.6 Å². The summed E-state index contributed by atoms with van der Waals surface area (Å²) in [5.74, 6) is 0. The Morgan fingerprint density at radius 3 is 2.57 bits per heavy atom. The fourth-order valence-corrected chi connectivity index (χ4v) is 1.77. The first-order valence-electron chi connectivity index (χ1n) is 4.41. The molecule has 0 saturated carbocycles. The van der Waals surface area contributed by atoms with E-state index in [-0.39, 0.29) is 0 Å². The molecule has 0 aliphatic rings. The Morgan fingerprint density at radius 1 is 1.36 bits per heavy atom. The summed E-state index contributed by atoms with van der Waals surface area (Å²) in [7, 11) is -3.67. The number of para-hydroxylation sites is 1. The fourth-order valence-electron chi connectivity index (χ4n) is 1.26. The van der Waals surface area contributed by atoms with Crippen LogP contribution in [0.4, 0.5) is 5.69 Å². The second kappa shape index (κ2) is 4.43. The molecule has 0 unspecified atom stereocenters. The van der Waals surface area contributed by atoms with Gasteiger partial charge >= 0.3 is 0 Å². The molecule has 0 radical (unpaired) electrons. The predicted octanol–water partition coefficient (Wildman–Crippen LogP) is 1.25. The van der Waals surface area contributed by atoms with E-state index in [9.17, 15) is 8.42 Å². The molecular weight excluding hydrogens is 200 g/mol. The van der Waals surface area contributed by atoms with Crippen LogP contribution in [0.15, 0.2) is 24.3 Å². The highest BCUT2D eigenvalue weighted by Crippen LogP contribution is 2.17. The van der Waals surface area contributed by atoms with Crippen molar-refractivity contribution in [2.45, 2.75) is 19.8 Å². The summed E-state index contributed by atoms with van der Waals surface area (Å²) < 4.78 is 23.9. The molecule has 3 N–H and O–H groups in total. The number of anilines is 1. The van der Waals surface area contributed by atoms with Gasteiger partial charge in [0, 0.05) is 0 Å². The average molecular weight is 214 g/mol. The van der Waals surface area contributed by atoms with Crippen molar-refractivity contribution in [3.8, 4) is 0 Å². The Bertz CT molecular complexity index is 401. The van der Waals surface area contributed by atoms with E-state index < -0.39 is 10.2 Å². The van der Waals surface area contributed by atoms with Gasteiger partial charge in [-0.05, 0) is 18.1 Å². The van der Waals surface area contributed by atoms with Crippen LogP contribution in [0.2, 0.25) is 0 Å². The monoisotopic (exact) mass is 214 g/mol. The van der Waals surface area contributed by atoms with Gasteiger partial charge in [0.25, 0.3) is 10.2 Å². The van der Waals surface area contributed by atoms with Crippen LogP contribution in [-0.4, -0.2) is 8.42 Å². The van der Waals surface area contributed by atoms with Crippen LogP contribution < -0.4 is 9.86 Å². The largest absolute Gasteiger partial charge is 0.296 e. The van der Waals surface area contributed by atoms with Crippen LogP contribution in [0.1, 0.15) is 18.9 Å². The van der Waals surface area contributed by atoms with E-state index in [1.807, 2.05) is 19.1 Å². The van der Waals surface area contributed by atoms with Crippen molar-refractivity contribution in [2.24, 2.45) is 5.14 Å². The molecule has 1 aromatic carbocycles. The molecule has 0 amide bonds. The van der Waals surface area contributed by atoms with Gasteiger partial charge in [-0.2, -0.15) is 8.42 Å². The first kappa shape index (κ1) is 11.0. The van der Waals surface area contributed by atoms with Gasteiger partial charge in [-0.15, -0.1) is 0 Å².